The van der Waals surface area contributed by atoms with E-state index in [1.807, 2.05) is 13.8 Å². The van der Waals surface area contributed by atoms with Crippen molar-refractivity contribution < 1.29 is 14.6 Å². The van der Waals surface area contributed by atoms with Gasteiger partial charge in [-0.15, -0.1) is 0 Å². The van der Waals surface area contributed by atoms with Crippen LogP contribution < -0.4 is 0 Å². The van der Waals surface area contributed by atoms with E-state index in [1.54, 1.807) is 0 Å². The first-order valence-electron chi connectivity index (χ1n) is 8.66. The van der Waals surface area contributed by atoms with Gasteiger partial charge in [0, 0.05) is 0 Å². The number of ether oxygens (including phenoxy) is 2. The van der Waals surface area contributed by atoms with Gasteiger partial charge in [0.2, 0.25) is 0 Å². The molecule has 1 heterocycles. The Balaban J connectivity index is 1.73. The number of hydrogen-bond acceptors (Lipinski definition) is 3. The Bertz CT molecular complexity index is 467. The molecule has 0 aromatic heterocycles. The third-order valence-electron chi connectivity index (χ3n) is 7.31. The van der Waals surface area contributed by atoms with E-state index < -0.39 is 11.4 Å². The van der Waals surface area contributed by atoms with Gasteiger partial charge in [-0.2, -0.15) is 0 Å². The van der Waals surface area contributed by atoms with Gasteiger partial charge in [0.05, 0.1) is 17.8 Å². The van der Waals surface area contributed by atoms with Crippen LogP contribution in [0.1, 0.15) is 60.3 Å². The van der Waals surface area contributed by atoms with E-state index in [1.165, 1.54) is 6.42 Å². The van der Waals surface area contributed by atoms with Crippen molar-refractivity contribution in [2.24, 2.45) is 29.1 Å². The third-order valence-corrected chi connectivity index (χ3v) is 7.31. The molecule has 1 aliphatic heterocycles. The highest BCUT2D eigenvalue weighted by atomic mass is 16.8. The summed E-state index contributed by atoms with van der Waals surface area (Å²) in [6, 6.07) is 0. The van der Waals surface area contributed by atoms with Gasteiger partial charge in [0.25, 0.3) is 0 Å². The highest BCUT2D eigenvalue weighted by Gasteiger charge is 2.71. The summed E-state index contributed by atoms with van der Waals surface area (Å²) >= 11 is 0. The average molecular weight is 294 g/mol. The summed E-state index contributed by atoms with van der Waals surface area (Å²) in [5.41, 5.74) is -0.291. The standard InChI is InChI=1S/C18H30O3/c1-15(2)11-7-9-18(10-20-16(3,4)21-18)12-6-8-17(5,19)14(12)13(11)15/h11-14,19H,6-10H2,1-5H3/t11-,12-,13-,14-,17-,18+/m1/s1. The lowest BCUT2D eigenvalue weighted by Crippen LogP contribution is -2.47. The van der Waals surface area contributed by atoms with Crippen molar-refractivity contribution in [1.82, 2.24) is 0 Å². The third kappa shape index (κ3) is 1.83. The Morgan fingerprint density at radius 3 is 2.19 bits per heavy atom. The second kappa shape index (κ2) is 3.85. The maximum absolute atomic E-state index is 11.0. The average Bonchev–Trinajstić information content (AvgIpc) is 2.59. The van der Waals surface area contributed by atoms with Crippen LogP contribution in [0.15, 0.2) is 0 Å². The van der Waals surface area contributed by atoms with Crippen LogP contribution >= 0.6 is 0 Å². The molecule has 4 rings (SSSR count). The van der Waals surface area contributed by atoms with E-state index in [2.05, 4.69) is 20.8 Å². The molecule has 1 spiro atoms. The maximum atomic E-state index is 11.0. The Morgan fingerprint density at radius 2 is 1.57 bits per heavy atom. The van der Waals surface area contributed by atoms with Crippen LogP contribution in [0.2, 0.25) is 0 Å². The molecule has 3 nitrogen and oxygen atoms in total. The fourth-order valence-corrected chi connectivity index (χ4v) is 6.24. The first kappa shape index (κ1) is 14.5. The number of hydrogen-bond donors (Lipinski definition) is 1. The monoisotopic (exact) mass is 294 g/mol. The zero-order chi connectivity index (χ0) is 15.3. The summed E-state index contributed by atoms with van der Waals surface area (Å²) in [5.74, 6) is 1.76. The molecule has 1 N–H and O–H groups in total. The van der Waals surface area contributed by atoms with Crippen LogP contribution in [0.3, 0.4) is 0 Å². The van der Waals surface area contributed by atoms with Gasteiger partial charge in [0.15, 0.2) is 5.79 Å². The molecule has 0 aromatic carbocycles. The molecule has 21 heavy (non-hydrogen) atoms. The van der Waals surface area contributed by atoms with E-state index >= 15 is 0 Å². The van der Waals surface area contributed by atoms with E-state index in [-0.39, 0.29) is 5.60 Å². The molecule has 0 radical (unpaired) electrons. The minimum Gasteiger partial charge on any atom is -0.390 e. The van der Waals surface area contributed by atoms with Gasteiger partial charge < -0.3 is 14.6 Å². The zero-order valence-corrected chi connectivity index (χ0v) is 14.1. The van der Waals surface area contributed by atoms with Crippen LogP contribution in [-0.4, -0.2) is 28.7 Å². The summed E-state index contributed by atoms with van der Waals surface area (Å²) in [7, 11) is 0. The summed E-state index contributed by atoms with van der Waals surface area (Å²) in [5, 5.41) is 11.0. The molecule has 4 fully saturated rings. The van der Waals surface area contributed by atoms with Crippen molar-refractivity contribution in [1.29, 1.82) is 0 Å². The first-order chi connectivity index (χ1) is 9.59. The van der Waals surface area contributed by atoms with Crippen molar-refractivity contribution in [2.45, 2.75) is 77.3 Å². The molecular weight excluding hydrogens is 264 g/mol. The van der Waals surface area contributed by atoms with Crippen LogP contribution in [-0.2, 0) is 9.47 Å². The van der Waals surface area contributed by atoms with Crippen LogP contribution in [0.25, 0.3) is 0 Å². The van der Waals surface area contributed by atoms with E-state index in [0.29, 0.717) is 29.8 Å². The minimum absolute atomic E-state index is 0.155. The van der Waals surface area contributed by atoms with E-state index in [9.17, 15) is 5.11 Å². The summed E-state index contributed by atoms with van der Waals surface area (Å²) in [4.78, 5) is 0. The lowest BCUT2D eigenvalue weighted by atomic mass is 9.72. The molecular formula is C18H30O3. The molecule has 120 valence electrons. The Morgan fingerprint density at radius 1 is 0.905 bits per heavy atom. The van der Waals surface area contributed by atoms with Gasteiger partial charge in [-0.25, -0.2) is 0 Å². The highest BCUT2D eigenvalue weighted by molar-refractivity contribution is 5.19. The number of fused-ring (bicyclic) bond motifs is 4. The molecule has 4 aliphatic rings. The Hall–Kier alpha value is -0.120. The summed E-state index contributed by atoms with van der Waals surface area (Å²) in [6.45, 7) is 11.6. The topological polar surface area (TPSA) is 38.7 Å². The largest absolute Gasteiger partial charge is 0.390 e. The summed E-state index contributed by atoms with van der Waals surface area (Å²) in [6.07, 6.45) is 4.31. The van der Waals surface area contributed by atoms with Crippen LogP contribution in [0.5, 0.6) is 0 Å². The molecule has 6 atom stereocenters. The molecule has 3 saturated carbocycles. The molecule has 0 aromatic rings. The smallest absolute Gasteiger partial charge is 0.163 e. The van der Waals surface area contributed by atoms with E-state index in [4.69, 9.17) is 9.47 Å². The van der Waals surface area contributed by atoms with Crippen molar-refractivity contribution in [2.75, 3.05) is 6.61 Å². The fraction of sp³-hybridized carbons (Fsp3) is 1.00. The maximum Gasteiger partial charge on any atom is 0.163 e. The number of rotatable bonds is 0. The zero-order valence-electron chi connectivity index (χ0n) is 14.1. The predicted molar refractivity (Wildman–Crippen MR) is 80.7 cm³/mol. The second-order valence-electron chi connectivity index (χ2n) is 9.38. The van der Waals surface area contributed by atoms with Crippen molar-refractivity contribution in [3.63, 3.8) is 0 Å². The van der Waals surface area contributed by atoms with Gasteiger partial charge in [0.1, 0.15) is 0 Å². The molecule has 3 heteroatoms. The van der Waals surface area contributed by atoms with Gasteiger partial charge >= 0.3 is 0 Å². The minimum atomic E-state index is -0.533. The fourth-order valence-electron chi connectivity index (χ4n) is 6.24. The molecule has 0 unspecified atom stereocenters. The quantitative estimate of drug-likeness (QED) is 0.744. The van der Waals surface area contributed by atoms with E-state index in [0.717, 1.165) is 25.2 Å². The van der Waals surface area contributed by atoms with Crippen molar-refractivity contribution in [3.8, 4) is 0 Å². The summed E-state index contributed by atoms with van der Waals surface area (Å²) < 4.78 is 12.4. The molecule has 0 bridgehead atoms. The Kier molecular flexibility index (Phi) is 2.66. The van der Waals surface area contributed by atoms with Gasteiger partial charge in [-0.1, -0.05) is 13.8 Å². The normalized spacial score (nSPS) is 56.9. The molecule has 1 saturated heterocycles. The van der Waals surface area contributed by atoms with Crippen molar-refractivity contribution >= 4 is 0 Å². The number of aliphatic hydroxyl groups is 1. The van der Waals surface area contributed by atoms with Crippen LogP contribution in [0.4, 0.5) is 0 Å². The lowest BCUT2D eigenvalue weighted by Gasteiger charge is -2.40. The predicted octanol–water partition coefficient (Wildman–Crippen LogP) is 3.35. The highest BCUT2D eigenvalue weighted by Crippen LogP contribution is 2.72. The molecule has 3 aliphatic carbocycles. The van der Waals surface area contributed by atoms with Crippen LogP contribution in [0, 0.1) is 29.1 Å². The first-order valence-corrected chi connectivity index (χ1v) is 8.66. The second-order valence-corrected chi connectivity index (χ2v) is 9.38. The molecule has 0 amide bonds. The lowest BCUT2D eigenvalue weighted by molar-refractivity contribution is -0.182. The SMILES string of the molecule is CC1(C)OC[C@]2(CC[C@@H]3[C@H]([C@H]4[C@H]2CC[C@@]4(C)O)C3(C)C)O1. The van der Waals surface area contributed by atoms with Crippen molar-refractivity contribution in [3.05, 3.63) is 0 Å². The van der Waals surface area contributed by atoms with Gasteiger partial charge in [-0.3, -0.25) is 0 Å². The Labute approximate surface area is 128 Å². The van der Waals surface area contributed by atoms with Gasteiger partial charge in [-0.05, 0) is 75.5 Å².